The number of nitrogens with zero attached hydrogens (tertiary/aromatic N) is 4. The van der Waals surface area contributed by atoms with Gasteiger partial charge in [0.2, 0.25) is 0 Å². The average molecular weight is 655 g/mol. The standard InChI is InChI=1S/C45H30N4/c1-6-16-31(17-7-1)36-28-39(32-18-8-2-9-19-32)42-38-27-26-35(29-40(38)49(41(42)30-36)37-24-14-5-15-25-37)45-47-43(33-20-10-3-11-21-33)46-44(48-45)34-22-12-4-13-23-34/h1-30H/i1D,2D,3D,4D,5D,6D,7D,8D,9D,10D,11D,12D,13D,14D,15D,16D,17D,18D,19D,20D,21D,22D,23D,24D,25D,26D,27D,29D. The van der Waals surface area contributed by atoms with Gasteiger partial charge < -0.3 is 4.57 Å². The maximum absolute atomic E-state index is 10.1. The van der Waals surface area contributed by atoms with Gasteiger partial charge in [0, 0.05) is 33.2 Å². The minimum atomic E-state index is -1.01. The Morgan fingerprint density at radius 3 is 1.41 bits per heavy atom. The molecule has 0 spiro atoms. The zero-order valence-corrected chi connectivity index (χ0v) is 24.4. The first-order valence-corrected chi connectivity index (χ1v) is 14.2. The summed E-state index contributed by atoms with van der Waals surface area (Å²) in [4.78, 5) is 12.9. The van der Waals surface area contributed by atoms with Crippen molar-refractivity contribution in [2.75, 3.05) is 0 Å². The van der Waals surface area contributed by atoms with Gasteiger partial charge in [-0.3, -0.25) is 0 Å². The van der Waals surface area contributed by atoms with Crippen LogP contribution in [0.5, 0.6) is 0 Å². The maximum Gasteiger partial charge on any atom is 0.164 e. The van der Waals surface area contributed by atoms with Crippen molar-refractivity contribution < 1.29 is 38.4 Å². The molecule has 0 radical (unpaired) electrons. The van der Waals surface area contributed by atoms with Crippen molar-refractivity contribution in [3.63, 3.8) is 0 Å². The van der Waals surface area contributed by atoms with Crippen LogP contribution in [0.3, 0.4) is 0 Å². The van der Waals surface area contributed by atoms with Crippen LogP contribution in [0.25, 0.3) is 83.9 Å². The molecular formula is C45H30N4. The van der Waals surface area contributed by atoms with Crippen LogP contribution in [-0.2, 0) is 0 Å². The van der Waals surface area contributed by atoms with Crippen LogP contribution in [0.4, 0.5) is 0 Å². The van der Waals surface area contributed by atoms with Crippen LogP contribution in [0, 0.1) is 0 Å². The number of para-hydroxylation sites is 1. The van der Waals surface area contributed by atoms with Crippen LogP contribution in [0.15, 0.2) is 181 Å². The van der Waals surface area contributed by atoms with Crippen molar-refractivity contribution in [3.8, 4) is 62.1 Å². The third-order valence-electron chi connectivity index (χ3n) is 7.20. The number of hydrogen-bond donors (Lipinski definition) is 0. The number of hydrogen-bond acceptors (Lipinski definition) is 3. The molecule has 2 heterocycles. The van der Waals surface area contributed by atoms with E-state index in [1.165, 1.54) is 0 Å². The maximum atomic E-state index is 10.1. The largest absolute Gasteiger partial charge is 0.309 e. The van der Waals surface area contributed by atoms with Gasteiger partial charge in [0.25, 0.3) is 0 Å². The first-order chi connectivity index (χ1) is 35.9. The molecule has 49 heavy (non-hydrogen) atoms. The van der Waals surface area contributed by atoms with Gasteiger partial charge >= 0.3 is 0 Å². The second-order valence-electron chi connectivity index (χ2n) is 10.0. The lowest BCUT2D eigenvalue weighted by molar-refractivity contribution is 1.07. The Balaban J connectivity index is 1.59. The van der Waals surface area contributed by atoms with Crippen molar-refractivity contribution in [2.24, 2.45) is 0 Å². The van der Waals surface area contributed by atoms with Crippen molar-refractivity contribution in [2.45, 2.75) is 0 Å². The van der Waals surface area contributed by atoms with E-state index in [1.807, 2.05) is 0 Å². The summed E-state index contributed by atoms with van der Waals surface area (Å²) in [7, 11) is 0. The first-order valence-electron chi connectivity index (χ1n) is 28.2. The van der Waals surface area contributed by atoms with E-state index in [9.17, 15) is 6.85 Å². The molecule has 7 aromatic carbocycles. The van der Waals surface area contributed by atoms with Gasteiger partial charge in [-0.15, -0.1) is 0 Å². The van der Waals surface area contributed by atoms with Crippen LogP contribution in [-0.4, -0.2) is 19.5 Å². The molecule has 0 aliphatic carbocycles. The molecule has 2 aromatic heterocycles. The van der Waals surface area contributed by atoms with E-state index in [2.05, 4.69) is 15.0 Å². The number of aromatic nitrogens is 4. The molecule has 0 saturated carbocycles. The second-order valence-corrected chi connectivity index (χ2v) is 10.0. The highest BCUT2D eigenvalue weighted by Gasteiger charge is 2.20. The van der Waals surface area contributed by atoms with Gasteiger partial charge in [-0.05, 0) is 52.5 Å². The quantitative estimate of drug-likeness (QED) is 0.179. The van der Waals surface area contributed by atoms with Crippen LogP contribution in [0.2, 0.25) is 0 Å². The normalized spacial score (nSPS) is 19.3. The van der Waals surface area contributed by atoms with E-state index in [4.69, 9.17) is 31.5 Å². The van der Waals surface area contributed by atoms with E-state index < -0.39 is 248 Å². The summed E-state index contributed by atoms with van der Waals surface area (Å²) < 4.78 is 247. The van der Waals surface area contributed by atoms with Gasteiger partial charge in [0.05, 0.1) is 49.4 Å². The van der Waals surface area contributed by atoms with Gasteiger partial charge in [0.15, 0.2) is 17.5 Å². The molecule has 0 fully saturated rings. The molecule has 0 amide bonds. The molecule has 0 aliphatic heterocycles. The lowest BCUT2D eigenvalue weighted by Gasteiger charge is -2.12. The summed E-state index contributed by atoms with van der Waals surface area (Å²) in [6.07, 6.45) is 0. The molecule has 230 valence electrons. The topological polar surface area (TPSA) is 43.6 Å². The van der Waals surface area contributed by atoms with Crippen molar-refractivity contribution in [3.05, 3.63) is 181 Å². The zero-order chi connectivity index (χ0) is 56.9. The Bertz CT molecular complexity index is 3980. The number of fused-ring (bicyclic) bond motifs is 3. The molecule has 0 aliphatic rings. The SMILES string of the molecule is [2H]c1c([2H])c([2H])c(-c2cc(-c3c([2H])c([2H])c([2H])c([2H])c3[2H])c3c4c([2H])c([2H])c(-c5nc(-c6c([2H])c([2H])c([2H])c([2H])c6[2H])nc(-c6c([2H])c([2H])c([2H])c([2H])c6[2H])n5)c([2H])c4n(-c4c([2H])c([2H])c([2H])c([2H])c4[2H])c3c2)c([2H])c1[2H]. The molecule has 9 rings (SSSR count). The lowest BCUT2D eigenvalue weighted by Crippen LogP contribution is -2.00. The average Bonchev–Trinajstić information content (AvgIpc) is 3.87. The Hall–Kier alpha value is -6.65. The van der Waals surface area contributed by atoms with Gasteiger partial charge in [-0.1, -0.05) is 151 Å². The highest BCUT2D eigenvalue weighted by atomic mass is 15.0. The summed E-state index contributed by atoms with van der Waals surface area (Å²) in [5.74, 6) is -2.56. The van der Waals surface area contributed by atoms with E-state index in [0.717, 1.165) is 16.7 Å². The van der Waals surface area contributed by atoms with E-state index in [1.54, 1.807) is 0 Å². The fraction of sp³-hybridized carbons (Fsp3) is 0. The molecule has 0 saturated heterocycles. The Morgan fingerprint density at radius 1 is 0.388 bits per heavy atom. The minimum Gasteiger partial charge on any atom is -0.309 e. The smallest absolute Gasteiger partial charge is 0.164 e. The molecule has 9 aromatic rings. The second kappa shape index (κ2) is 12.2. The Morgan fingerprint density at radius 2 is 0.857 bits per heavy atom. The monoisotopic (exact) mass is 654 g/mol. The van der Waals surface area contributed by atoms with E-state index in [-0.39, 0.29) is 5.56 Å². The minimum absolute atomic E-state index is 0.360. The Kier molecular flexibility index (Phi) is 2.93. The summed E-state index contributed by atoms with van der Waals surface area (Å²) in [5.41, 5.74) is -6.24. The fourth-order valence-corrected chi connectivity index (χ4v) is 5.19. The molecule has 0 bridgehead atoms. The van der Waals surface area contributed by atoms with Crippen LogP contribution < -0.4 is 0 Å². The third-order valence-corrected chi connectivity index (χ3v) is 7.20. The highest BCUT2D eigenvalue weighted by molar-refractivity contribution is 6.17. The van der Waals surface area contributed by atoms with Gasteiger partial charge in [-0.2, -0.15) is 0 Å². The first kappa shape index (κ1) is 11.8. The summed E-state index contributed by atoms with van der Waals surface area (Å²) >= 11 is 0. The molecule has 0 unspecified atom stereocenters. The van der Waals surface area contributed by atoms with Crippen molar-refractivity contribution in [1.82, 2.24) is 19.5 Å². The molecule has 0 N–H and O–H groups in total. The molecular weight excluding hydrogens is 597 g/mol. The van der Waals surface area contributed by atoms with Gasteiger partial charge in [0.1, 0.15) is 0 Å². The zero-order valence-electron chi connectivity index (χ0n) is 52.4. The predicted molar refractivity (Wildman–Crippen MR) is 201 cm³/mol. The van der Waals surface area contributed by atoms with Gasteiger partial charge in [-0.25, -0.2) is 15.0 Å². The van der Waals surface area contributed by atoms with E-state index in [0.29, 0.717) is 0 Å². The third kappa shape index (κ3) is 5.26. The molecule has 4 heteroatoms. The summed E-state index contributed by atoms with van der Waals surface area (Å²) in [6.45, 7) is 0. The molecule has 0 atom stereocenters. The highest BCUT2D eigenvalue weighted by Crippen LogP contribution is 2.42. The fourth-order valence-electron chi connectivity index (χ4n) is 5.19. The van der Waals surface area contributed by atoms with Crippen molar-refractivity contribution >= 4 is 21.8 Å². The number of rotatable bonds is 6. The van der Waals surface area contributed by atoms with Crippen molar-refractivity contribution in [1.29, 1.82) is 0 Å². The number of benzene rings is 7. The van der Waals surface area contributed by atoms with Crippen LogP contribution >= 0.6 is 0 Å². The Labute approximate surface area is 324 Å². The predicted octanol–water partition coefficient (Wildman–Crippen LogP) is 11.3. The van der Waals surface area contributed by atoms with Crippen LogP contribution in [0.1, 0.15) is 38.4 Å². The summed E-state index contributed by atoms with van der Waals surface area (Å²) in [6, 6.07) is -23.0. The van der Waals surface area contributed by atoms with E-state index >= 15 is 0 Å². The molecule has 4 nitrogen and oxygen atoms in total. The lowest BCUT2D eigenvalue weighted by atomic mass is 9.94. The summed E-state index contributed by atoms with van der Waals surface area (Å²) in [5, 5.41) is -0.957.